The molecule has 0 bridgehead atoms. The molecule has 1 rings (SSSR count). The molecule has 1 atom stereocenters. The Labute approximate surface area is 115 Å². The normalized spacial score (nSPS) is 12.5. The van der Waals surface area contributed by atoms with Gasteiger partial charge >= 0.3 is 0 Å². The molecule has 0 spiro atoms. The summed E-state index contributed by atoms with van der Waals surface area (Å²) >= 11 is 5.79. The fourth-order valence-electron chi connectivity index (χ4n) is 1.81. The van der Waals surface area contributed by atoms with Crippen molar-refractivity contribution in [1.82, 2.24) is 5.32 Å². The van der Waals surface area contributed by atoms with Gasteiger partial charge in [0.15, 0.2) is 0 Å². The molecule has 0 aliphatic rings. The third kappa shape index (κ3) is 5.54. The van der Waals surface area contributed by atoms with E-state index >= 15 is 0 Å². The average Bonchev–Trinajstić information content (AvgIpc) is 2.29. The van der Waals surface area contributed by atoms with Crippen molar-refractivity contribution in [3.05, 3.63) is 34.9 Å². The lowest BCUT2D eigenvalue weighted by Crippen LogP contribution is -2.32. The third-order valence-electron chi connectivity index (χ3n) is 2.90. The Morgan fingerprint density at radius 2 is 1.78 bits per heavy atom. The van der Waals surface area contributed by atoms with Crippen molar-refractivity contribution < 1.29 is 4.79 Å². The van der Waals surface area contributed by atoms with Gasteiger partial charge in [-0.3, -0.25) is 4.79 Å². The van der Waals surface area contributed by atoms with Crippen LogP contribution in [0.2, 0.25) is 5.02 Å². The van der Waals surface area contributed by atoms with Gasteiger partial charge in [0, 0.05) is 16.6 Å². The lowest BCUT2D eigenvalue weighted by Gasteiger charge is -2.14. The number of hydrogen-bond acceptors (Lipinski definition) is 1. The summed E-state index contributed by atoms with van der Waals surface area (Å²) in [5, 5.41) is 3.66. The van der Waals surface area contributed by atoms with Gasteiger partial charge < -0.3 is 5.32 Å². The van der Waals surface area contributed by atoms with Crippen LogP contribution in [0.15, 0.2) is 24.3 Å². The summed E-state index contributed by atoms with van der Waals surface area (Å²) in [4.78, 5) is 11.9. The minimum absolute atomic E-state index is 0.0243. The lowest BCUT2D eigenvalue weighted by molar-refractivity contribution is 0.0938. The molecular formula is C15H22ClNO. The molecule has 18 heavy (non-hydrogen) atoms. The molecule has 1 aromatic rings. The fourth-order valence-corrected chi connectivity index (χ4v) is 1.94. The topological polar surface area (TPSA) is 29.1 Å². The molecular weight excluding hydrogens is 246 g/mol. The maximum absolute atomic E-state index is 11.9. The van der Waals surface area contributed by atoms with E-state index in [9.17, 15) is 4.79 Å². The van der Waals surface area contributed by atoms with Gasteiger partial charge in [0.1, 0.15) is 0 Å². The van der Waals surface area contributed by atoms with Crippen LogP contribution in [-0.4, -0.2) is 11.9 Å². The molecule has 1 aromatic carbocycles. The second kappa shape index (κ2) is 7.42. The van der Waals surface area contributed by atoms with Crippen LogP contribution in [0.5, 0.6) is 0 Å². The van der Waals surface area contributed by atoms with Gasteiger partial charge in [-0.2, -0.15) is 0 Å². The molecule has 0 aliphatic carbocycles. The standard InChI is InChI=1S/C15H22ClNO/c1-11(2)5-4-6-12(3)17-15(18)13-7-9-14(16)10-8-13/h7-12H,4-6H2,1-3H3,(H,17,18)/t12-/m0/s1. The summed E-state index contributed by atoms with van der Waals surface area (Å²) in [5.74, 6) is 0.702. The molecule has 0 radical (unpaired) electrons. The number of hydrogen-bond donors (Lipinski definition) is 1. The number of halogens is 1. The highest BCUT2D eigenvalue weighted by Gasteiger charge is 2.09. The van der Waals surface area contributed by atoms with Crippen molar-refractivity contribution in [3.63, 3.8) is 0 Å². The Kier molecular flexibility index (Phi) is 6.20. The smallest absolute Gasteiger partial charge is 0.251 e. The zero-order valence-corrected chi connectivity index (χ0v) is 12.1. The van der Waals surface area contributed by atoms with Crippen molar-refractivity contribution in [2.45, 2.75) is 46.1 Å². The van der Waals surface area contributed by atoms with Crippen molar-refractivity contribution >= 4 is 17.5 Å². The summed E-state index contributed by atoms with van der Waals surface area (Å²) in [7, 11) is 0. The van der Waals surface area contributed by atoms with Gasteiger partial charge in [-0.05, 0) is 43.5 Å². The minimum atomic E-state index is -0.0243. The molecule has 0 aromatic heterocycles. The van der Waals surface area contributed by atoms with Gasteiger partial charge in [0.25, 0.3) is 5.91 Å². The fraction of sp³-hybridized carbons (Fsp3) is 0.533. The number of nitrogens with one attached hydrogen (secondary N) is 1. The van der Waals surface area contributed by atoms with Crippen LogP contribution < -0.4 is 5.32 Å². The van der Waals surface area contributed by atoms with E-state index in [1.165, 1.54) is 6.42 Å². The average molecular weight is 268 g/mol. The van der Waals surface area contributed by atoms with Crippen LogP contribution in [0, 0.1) is 5.92 Å². The highest BCUT2D eigenvalue weighted by atomic mass is 35.5. The van der Waals surface area contributed by atoms with Crippen molar-refractivity contribution in [3.8, 4) is 0 Å². The van der Waals surface area contributed by atoms with E-state index in [2.05, 4.69) is 19.2 Å². The first-order chi connectivity index (χ1) is 8.49. The van der Waals surface area contributed by atoms with Gasteiger partial charge in [-0.25, -0.2) is 0 Å². The van der Waals surface area contributed by atoms with Crippen molar-refractivity contribution in [2.24, 2.45) is 5.92 Å². The molecule has 2 nitrogen and oxygen atoms in total. The maximum atomic E-state index is 11.9. The summed E-state index contributed by atoms with van der Waals surface area (Å²) in [6.07, 6.45) is 3.39. The van der Waals surface area contributed by atoms with E-state index in [4.69, 9.17) is 11.6 Å². The summed E-state index contributed by atoms with van der Waals surface area (Å²) < 4.78 is 0. The summed E-state index contributed by atoms with van der Waals surface area (Å²) in [6.45, 7) is 6.49. The van der Waals surface area contributed by atoms with Crippen LogP contribution in [0.1, 0.15) is 50.4 Å². The highest BCUT2D eigenvalue weighted by molar-refractivity contribution is 6.30. The van der Waals surface area contributed by atoms with E-state index in [0.717, 1.165) is 18.8 Å². The Hall–Kier alpha value is -1.02. The first-order valence-electron chi connectivity index (χ1n) is 6.55. The van der Waals surface area contributed by atoms with Gasteiger partial charge in [-0.1, -0.05) is 38.3 Å². The lowest BCUT2D eigenvalue weighted by atomic mass is 10.0. The zero-order chi connectivity index (χ0) is 13.5. The van der Waals surface area contributed by atoms with E-state index in [1.54, 1.807) is 24.3 Å². The number of benzene rings is 1. The third-order valence-corrected chi connectivity index (χ3v) is 3.15. The zero-order valence-electron chi connectivity index (χ0n) is 11.4. The quantitative estimate of drug-likeness (QED) is 0.819. The number of amides is 1. The molecule has 3 heteroatoms. The van der Waals surface area contributed by atoms with E-state index in [0.29, 0.717) is 10.6 Å². The Balaban J connectivity index is 2.37. The minimum Gasteiger partial charge on any atom is -0.350 e. The first-order valence-corrected chi connectivity index (χ1v) is 6.93. The molecule has 1 amide bonds. The van der Waals surface area contributed by atoms with E-state index in [1.807, 2.05) is 6.92 Å². The molecule has 0 saturated heterocycles. The second-order valence-electron chi connectivity index (χ2n) is 5.21. The van der Waals surface area contributed by atoms with Crippen LogP contribution in [-0.2, 0) is 0 Å². The maximum Gasteiger partial charge on any atom is 0.251 e. The SMILES string of the molecule is CC(C)CCC[C@H](C)NC(=O)c1ccc(Cl)cc1. The van der Waals surface area contributed by atoms with Gasteiger partial charge in [-0.15, -0.1) is 0 Å². The first kappa shape index (κ1) is 15.0. The monoisotopic (exact) mass is 267 g/mol. The van der Waals surface area contributed by atoms with E-state index < -0.39 is 0 Å². The molecule has 100 valence electrons. The predicted octanol–water partition coefficient (Wildman–Crippen LogP) is 4.28. The molecule has 0 heterocycles. The summed E-state index contributed by atoms with van der Waals surface area (Å²) in [5.41, 5.74) is 0.662. The van der Waals surface area contributed by atoms with Crippen molar-refractivity contribution in [1.29, 1.82) is 0 Å². The molecule has 0 unspecified atom stereocenters. The van der Waals surface area contributed by atoms with Crippen LogP contribution >= 0.6 is 11.6 Å². The van der Waals surface area contributed by atoms with E-state index in [-0.39, 0.29) is 11.9 Å². The van der Waals surface area contributed by atoms with Gasteiger partial charge in [0.2, 0.25) is 0 Å². The van der Waals surface area contributed by atoms with Gasteiger partial charge in [0.05, 0.1) is 0 Å². The Morgan fingerprint density at radius 1 is 1.17 bits per heavy atom. The number of carbonyl (C=O) groups excluding carboxylic acids is 1. The highest BCUT2D eigenvalue weighted by Crippen LogP contribution is 2.11. The Morgan fingerprint density at radius 3 is 2.33 bits per heavy atom. The largest absolute Gasteiger partial charge is 0.350 e. The molecule has 0 saturated carbocycles. The number of carbonyl (C=O) groups is 1. The Bertz CT molecular complexity index is 373. The number of rotatable bonds is 6. The molecule has 1 N–H and O–H groups in total. The summed E-state index contributed by atoms with van der Waals surface area (Å²) in [6, 6.07) is 7.18. The van der Waals surface area contributed by atoms with Crippen LogP contribution in [0.4, 0.5) is 0 Å². The van der Waals surface area contributed by atoms with Crippen LogP contribution in [0.3, 0.4) is 0 Å². The van der Waals surface area contributed by atoms with Crippen molar-refractivity contribution in [2.75, 3.05) is 0 Å². The molecule has 0 fully saturated rings. The predicted molar refractivity (Wildman–Crippen MR) is 77.1 cm³/mol. The van der Waals surface area contributed by atoms with Crippen LogP contribution in [0.25, 0.3) is 0 Å². The molecule has 0 aliphatic heterocycles. The second-order valence-corrected chi connectivity index (χ2v) is 5.64.